The summed E-state index contributed by atoms with van der Waals surface area (Å²) in [5.74, 6) is 0. The predicted molar refractivity (Wildman–Crippen MR) is 99.2 cm³/mol. The fourth-order valence-electron chi connectivity index (χ4n) is 2.81. The van der Waals surface area contributed by atoms with Crippen LogP contribution in [-0.4, -0.2) is 4.90 Å². The Morgan fingerprint density at radius 3 is 2.23 bits per heavy atom. The highest BCUT2D eigenvalue weighted by Crippen LogP contribution is 2.39. The van der Waals surface area contributed by atoms with Crippen LogP contribution in [0.5, 0.6) is 0 Å². The number of nitrogens with zero attached hydrogens (tertiary/aromatic N) is 1. The summed E-state index contributed by atoms with van der Waals surface area (Å²) in [4.78, 5) is 2.28. The maximum atomic E-state index is 4.07. The highest BCUT2D eigenvalue weighted by Gasteiger charge is 2.24. The van der Waals surface area contributed by atoms with Crippen molar-refractivity contribution in [2.75, 3.05) is 0 Å². The molecule has 1 aliphatic carbocycles. The van der Waals surface area contributed by atoms with Gasteiger partial charge < -0.3 is 4.90 Å². The number of hydrogen-bond acceptors (Lipinski definition) is 1. The van der Waals surface area contributed by atoms with Gasteiger partial charge in [-0.25, -0.2) is 0 Å². The van der Waals surface area contributed by atoms with Crippen LogP contribution in [0.1, 0.15) is 46.5 Å². The number of rotatable bonds is 8. The minimum absolute atomic E-state index is 1.02. The maximum absolute atomic E-state index is 4.07. The van der Waals surface area contributed by atoms with E-state index in [1.54, 1.807) is 0 Å². The summed E-state index contributed by atoms with van der Waals surface area (Å²) in [6.07, 6.45) is 16.5. The fraction of sp³-hybridized carbons (Fsp3) is 0.333. The van der Waals surface area contributed by atoms with Crippen LogP contribution in [0.15, 0.2) is 84.4 Å². The van der Waals surface area contributed by atoms with E-state index in [1.807, 2.05) is 24.3 Å². The molecule has 0 amide bonds. The average molecular weight is 295 g/mol. The molecule has 0 spiro atoms. The second-order valence-corrected chi connectivity index (χ2v) is 5.28. The molecule has 1 rings (SSSR count). The van der Waals surface area contributed by atoms with E-state index in [0.29, 0.717) is 0 Å². The molecule has 0 aliphatic heterocycles. The third kappa shape index (κ3) is 3.79. The molecule has 0 atom stereocenters. The Bertz CT molecular complexity index is 552. The summed E-state index contributed by atoms with van der Waals surface area (Å²) in [6, 6.07) is 0. The van der Waals surface area contributed by atoms with Crippen LogP contribution in [0.2, 0.25) is 0 Å². The van der Waals surface area contributed by atoms with Gasteiger partial charge in [-0.2, -0.15) is 0 Å². The molecule has 0 aromatic rings. The van der Waals surface area contributed by atoms with Gasteiger partial charge in [-0.1, -0.05) is 51.3 Å². The van der Waals surface area contributed by atoms with E-state index in [-0.39, 0.29) is 0 Å². The first-order chi connectivity index (χ1) is 10.7. The first kappa shape index (κ1) is 18.0. The number of hydrogen-bond donors (Lipinski definition) is 0. The van der Waals surface area contributed by atoms with Crippen molar-refractivity contribution in [1.82, 2.24) is 4.90 Å². The van der Waals surface area contributed by atoms with E-state index < -0.39 is 0 Å². The Hall–Kier alpha value is -2.02. The summed E-state index contributed by atoms with van der Waals surface area (Å²) in [5.41, 5.74) is 6.31. The number of allylic oxidation sites excluding steroid dienone is 9. The minimum atomic E-state index is 1.02. The lowest BCUT2D eigenvalue weighted by Gasteiger charge is -2.35. The molecule has 22 heavy (non-hydrogen) atoms. The van der Waals surface area contributed by atoms with Crippen molar-refractivity contribution in [3.05, 3.63) is 84.4 Å². The minimum Gasteiger partial charge on any atom is -0.314 e. The molecule has 0 radical (unpaired) electrons. The van der Waals surface area contributed by atoms with Gasteiger partial charge in [0, 0.05) is 17.1 Å². The molecule has 0 aromatic heterocycles. The molecule has 1 aliphatic rings. The molecular formula is C21H29N. The topological polar surface area (TPSA) is 3.24 Å². The molecular weight excluding hydrogens is 266 g/mol. The molecule has 1 nitrogen and oxygen atoms in total. The molecule has 0 heterocycles. The standard InChI is InChI=1S/C21H29N/c1-7-13-18(10-4)22(19(11-5)14-8-2)21(12-6)20-16-15-17(20)9-3/h7,9-13H,1,4,6,8,14-16H2,2-3,5H3/b17-9-,18-13+,19-11+,21-20+. The zero-order valence-electron chi connectivity index (χ0n) is 14.4. The van der Waals surface area contributed by atoms with Crippen molar-refractivity contribution in [1.29, 1.82) is 0 Å². The third-order valence-electron chi connectivity index (χ3n) is 4.01. The van der Waals surface area contributed by atoms with E-state index in [0.717, 1.165) is 31.4 Å². The molecule has 1 heteroatoms. The molecule has 0 bridgehead atoms. The second kappa shape index (κ2) is 9.09. The van der Waals surface area contributed by atoms with E-state index in [4.69, 9.17) is 0 Å². The van der Waals surface area contributed by atoms with Gasteiger partial charge in [0.1, 0.15) is 0 Å². The van der Waals surface area contributed by atoms with E-state index >= 15 is 0 Å². The van der Waals surface area contributed by atoms with E-state index in [1.165, 1.54) is 22.5 Å². The van der Waals surface area contributed by atoms with Crippen molar-refractivity contribution in [2.24, 2.45) is 0 Å². The van der Waals surface area contributed by atoms with Crippen LogP contribution in [-0.2, 0) is 0 Å². The van der Waals surface area contributed by atoms with Crippen LogP contribution >= 0.6 is 0 Å². The molecule has 118 valence electrons. The zero-order valence-corrected chi connectivity index (χ0v) is 14.4. The van der Waals surface area contributed by atoms with Gasteiger partial charge >= 0.3 is 0 Å². The van der Waals surface area contributed by atoms with E-state index in [9.17, 15) is 0 Å². The third-order valence-corrected chi connectivity index (χ3v) is 4.01. The lowest BCUT2D eigenvalue weighted by Crippen LogP contribution is -2.24. The van der Waals surface area contributed by atoms with Gasteiger partial charge in [-0.05, 0) is 62.5 Å². The molecule has 0 unspecified atom stereocenters. The highest BCUT2D eigenvalue weighted by atomic mass is 15.2. The van der Waals surface area contributed by atoms with Crippen LogP contribution < -0.4 is 0 Å². The molecule has 0 N–H and O–H groups in total. The van der Waals surface area contributed by atoms with Gasteiger partial charge in [0.15, 0.2) is 0 Å². The van der Waals surface area contributed by atoms with Gasteiger partial charge in [0.05, 0.1) is 0 Å². The van der Waals surface area contributed by atoms with Crippen LogP contribution in [0.3, 0.4) is 0 Å². The first-order valence-electron chi connectivity index (χ1n) is 8.09. The molecule has 1 fully saturated rings. The van der Waals surface area contributed by atoms with Crippen molar-refractivity contribution < 1.29 is 0 Å². The summed E-state index contributed by atoms with van der Waals surface area (Å²) < 4.78 is 0. The molecule has 1 saturated carbocycles. The summed E-state index contributed by atoms with van der Waals surface area (Å²) in [7, 11) is 0. The quantitative estimate of drug-likeness (QED) is 0.466. The monoisotopic (exact) mass is 295 g/mol. The molecule has 0 saturated heterocycles. The maximum Gasteiger partial charge on any atom is 0.0487 e. The summed E-state index contributed by atoms with van der Waals surface area (Å²) in [6.45, 7) is 18.3. The average Bonchev–Trinajstić information content (AvgIpc) is 2.51. The van der Waals surface area contributed by atoms with Gasteiger partial charge in [-0.15, -0.1) is 0 Å². The van der Waals surface area contributed by atoms with Crippen molar-refractivity contribution >= 4 is 0 Å². The Morgan fingerprint density at radius 1 is 1.14 bits per heavy atom. The first-order valence-corrected chi connectivity index (χ1v) is 8.09. The van der Waals surface area contributed by atoms with E-state index in [2.05, 4.69) is 57.6 Å². The lowest BCUT2D eigenvalue weighted by molar-refractivity contribution is 0.512. The van der Waals surface area contributed by atoms with Crippen molar-refractivity contribution in [3.63, 3.8) is 0 Å². The fourth-order valence-corrected chi connectivity index (χ4v) is 2.81. The predicted octanol–water partition coefficient (Wildman–Crippen LogP) is 6.43. The Labute approximate surface area is 136 Å². The molecule has 0 aromatic carbocycles. The van der Waals surface area contributed by atoms with Crippen LogP contribution in [0, 0.1) is 0 Å². The highest BCUT2D eigenvalue weighted by molar-refractivity contribution is 5.49. The second-order valence-electron chi connectivity index (χ2n) is 5.28. The zero-order chi connectivity index (χ0) is 16.5. The largest absolute Gasteiger partial charge is 0.314 e. The van der Waals surface area contributed by atoms with Gasteiger partial charge in [-0.3, -0.25) is 0 Å². The SMILES string of the molecule is C=C/C=C(\C=C)N(/C(=C/C)CCC)/C(C=C)=C1\CC\C1=C\C. The Morgan fingerprint density at radius 2 is 1.86 bits per heavy atom. The summed E-state index contributed by atoms with van der Waals surface area (Å²) in [5, 5.41) is 0. The van der Waals surface area contributed by atoms with Crippen molar-refractivity contribution in [3.8, 4) is 0 Å². The summed E-state index contributed by atoms with van der Waals surface area (Å²) >= 11 is 0. The Balaban J connectivity index is 3.48. The van der Waals surface area contributed by atoms with Crippen LogP contribution in [0.25, 0.3) is 0 Å². The normalized spacial score (nSPS) is 19.5. The van der Waals surface area contributed by atoms with Gasteiger partial charge in [0.2, 0.25) is 0 Å². The lowest BCUT2D eigenvalue weighted by atomic mass is 9.83. The Kier molecular flexibility index (Phi) is 7.45. The smallest absolute Gasteiger partial charge is 0.0487 e. The van der Waals surface area contributed by atoms with Crippen molar-refractivity contribution in [2.45, 2.75) is 46.5 Å². The van der Waals surface area contributed by atoms with Gasteiger partial charge in [0.25, 0.3) is 0 Å². The van der Waals surface area contributed by atoms with Crippen LogP contribution in [0.4, 0.5) is 0 Å².